The van der Waals surface area contributed by atoms with Crippen LogP contribution in [0.3, 0.4) is 0 Å². The zero-order valence-corrected chi connectivity index (χ0v) is 16.0. The molecular formula is C21H16IOP. The maximum absolute atomic E-state index is 14.5. The van der Waals surface area contributed by atoms with Crippen LogP contribution in [0.25, 0.3) is 10.8 Å². The summed E-state index contributed by atoms with van der Waals surface area (Å²) in [5.74, 6) is 0. The Labute approximate surface area is 155 Å². The van der Waals surface area contributed by atoms with Gasteiger partial charge in [0, 0.05) is 14.2 Å². The van der Waals surface area contributed by atoms with Gasteiger partial charge in [-0.05, 0) is 33.4 Å². The van der Waals surface area contributed by atoms with E-state index in [2.05, 4.69) is 52.9 Å². The van der Waals surface area contributed by atoms with Crippen LogP contribution in [0.5, 0.6) is 0 Å². The largest absolute Gasteiger partial charge is 0.313 e. The molecule has 0 aliphatic heterocycles. The Balaban J connectivity index is 2.05. The topological polar surface area (TPSA) is 17.1 Å². The van der Waals surface area contributed by atoms with Gasteiger partial charge in [0.15, 0.2) is 7.14 Å². The van der Waals surface area contributed by atoms with Crippen molar-refractivity contribution in [3.05, 3.63) is 94.6 Å². The molecule has 0 bridgehead atoms. The van der Waals surface area contributed by atoms with E-state index in [1.807, 2.05) is 60.7 Å². The maximum atomic E-state index is 14.5. The average Bonchev–Trinajstić information content (AvgIpc) is 3.08. The summed E-state index contributed by atoms with van der Waals surface area (Å²) in [6, 6.07) is 24.3. The Kier molecular flexibility index (Phi) is 4.19. The lowest BCUT2D eigenvalue weighted by molar-refractivity contribution is 0.586. The molecule has 0 aromatic heterocycles. The van der Waals surface area contributed by atoms with E-state index in [1.165, 1.54) is 0 Å². The van der Waals surface area contributed by atoms with Crippen molar-refractivity contribution >= 4 is 51.1 Å². The van der Waals surface area contributed by atoms with Crippen molar-refractivity contribution in [2.45, 2.75) is 5.66 Å². The molecule has 3 heteroatoms. The standard InChI is InChI=1S/C21H16IOP/c22-19-13-7-15-21(19)24(23,17-10-2-1-3-11-17)20-14-6-9-16-8-4-5-12-18(16)20/h1-15,21H. The van der Waals surface area contributed by atoms with Gasteiger partial charge >= 0.3 is 0 Å². The minimum absolute atomic E-state index is 0.0775. The molecule has 1 nitrogen and oxygen atoms in total. The lowest BCUT2D eigenvalue weighted by Crippen LogP contribution is -2.24. The van der Waals surface area contributed by atoms with E-state index in [9.17, 15) is 4.57 Å². The van der Waals surface area contributed by atoms with Gasteiger partial charge in [-0.1, -0.05) is 91.0 Å². The third kappa shape index (κ3) is 2.49. The summed E-state index contributed by atoms with van der Waals surface area (Å²) < 4.78 is 15.7. The highest BCUT2D eigenvalue weighted by molar-refractivity contribution is 14.1. The highest BCUT2D eigenvalue weighted by atomic mass is 127. The monoisotopic (exact) mass is 442 g/mol. The Bertz CT molecular complexity index is 999. The molecule has 0 saturated heterocycles. The van der Waals surface area contributed by atoms with Gasteiger partial charge in [0.2, 0.25) is 0 Å². The Morgan fingerprint density at radius 2 is 1.54 bits per heavy atom. The van der Waals surface area contributed by atoms with Gasteiger partial charge in [-0.15, -0.1) is 0 Å². The van der Waals surface area contributed by atoms with Crippen LogP contribution in [0.4, 0.5) is 0 Å². The van der Waals surface area contributed by atoms with Gasteiger partial charge in [0.25, 0.3) is 0 Å². The molecule has 3 aromatic carbocycles. The van der Waals surface area contributed by atoms with E-state index in [-0.39, 0.29) is 5.66 Å². The van der Waals surface area contributed by atoms with Crippen molar-refractivity contribution in [1.29, 1.82) is 0 Å². The zero-order valence-electron chi connectivity index (χ0n) is 13.0. The number of hydrogen-bond donors (Lipinski definition) is 0. The van der Waals surface area contributed by atoms with Gasteiger partial charge < -0.3 is 4.57 Å². The minimum atomic E-state index is -2.84. The van der Waals surface area contributed by atoms with E-state index in [0.29, 0.717) is 0 Å². The smallest absolute Gasteiger partial charge is 0.155 e. The van der Waals surface area contributed by atoms with Gasteiger partial charge in [-0.3, -0.25) is 0 Å². The number of allylic oxidation sites excluding steroid dienone is 4. The van der Waals surface area contributed by atoms with E-state index in [1.54, 1.807) is 0 Å². The third-order valence-corrected chi connectivity index (χ3v) is 9.42. The normalized spacial score (nSPS) is 19.2. The molecule has 2 atom stereocenters. The second-order valence-electron chi connectivity index (χ2n) is 5.87. The predicted octanol–water partition coefficient (Wildman–Crippen LogP) is 5.41. The molecule has 1 aliphatic carbocycles. The van der Waals surface area contributed by atoms with Crippen LogP contribution < -0.4 is 10.6 Å². The minimum Gasteiger partial charge on any atom is -0.313 e. The van der Waals surface area contributed by atoms with E-state index in [4.69, 9.17) is 0 Å². The highest BCUT2D eigenvalue weighted by Gasteiger charge is 2.38. The number of benzene rings is 3. The molecule has 2 unspecified atom stereocenters. The number of hydrogen-bond acceptors (Lipinski definition) is 1. The van der Waals surface area contributed by atoms with Gasteiger partial charge in [-0.25, -0.2) is 0 Å². The molecule has 24 heavy (non-hydrogen) atoms. The summed E-state index contributed by atoms with van der Waals surface area (Å²) in [5.41, 5.74) is -0.0775. The highest BCUT2D eigenvalue weighted by Crippen LogP contribution is 2.55. The van der Waals surface area contributed by atoms with Crippen LogP contribution in [-0.4, -0.2) is 5.66 Å². The molecule has 0 N–H and O–H groups in total. The van der Waals surface area contributed by atoms with Crippen molar-refractivity contribution in [3.8, 4) is 0 Å². The lowest BCUT2D eigenvalue weighted by Gasteiger charge is -2.26. The average molecular weight is 442 g/mol. The lowest BCUT2D eigenvalue weighted by atomic mass is 10.1. The van der Waals surface area contributed by atoms with Crippen molar-refractivity contribution < 1.29 is 4.57 Å². The maximum Gasteiger partial charge on any atom is 0.155 e. The second kappa shape index (κ2) is 6.34. The van der Waals surface area contributed by atoms with Crippen LogP contribution in [0.1, 0.15) is 0 Å². The molecule has 0 saturated carbocycles. The Hall–Kier alpha value is -1.64. The molecule has 0 amide bonds. The molecular weight excluding hydrogens is 426 g/mol. The van der Waals surface area contributed by atoms with Crippen molar-refractivity contribution in [2.75, 3.05) is 0 Å². The van der Waals surface area contributed by atoms with Crippen LogP contribution in [0.2, 0.25) is 0 Å². The summed E-state index contributed by atoms with van der Waals surface area (Å²) in [6.45, 7) is 0. The van der Waals surface area contributed by atoms with Gasteiger partial charge in [0.1, 0.15) is 0 Å². The SMILES string of the molecule is O=P(c1ccccc1)(c1cccc2ccccc12)C1C=CC=C1I. The number of fused-ring (bicyclic) bond motifs is 1. The summed E-state index contributed by atoms with van der Waals surface area (Å²) in [7, 11) is -2.84. The van der Waals surface area contributed by atoms with E-state index in [0.717, 1.165) is 25.0 Å². The van der Waals surface area contributed by atoms with Gasteiger partial charge in [0.05, 0.1) is 5.66 Å². The van der Waals surface area contributed by atoms with Crippen LogP contribution in [-0.2, 0) is 4.57 Å². The quantitative estimate of drug-likeness (QED) is 0.392. The Morgan fingerprint density at radius 1 is 0.833 bits per heavy atom. The molecule has 0 spiro atoms. The van der Waals surface area contributed by atoms with Crippen LogP contribution >= 0.6 is 29.7 Å². The molecule has 3 aromatic rings. The summed E-state index contributed by atoms with van der Waals surface area (Å²) >= 11 is 2.32. The van der Waals surface area contributed by atoms with Crippen molar-refractivity contribution in [1.82, 2.24) is 0 Å². The first kappa shape index (κ1) is 15.9. The van der Waals surface area contributed by atoms with Crippen molar-refractivity contribution in [2.24, 2.45) is 0 Å². The first-order valence-corrected chi connectivity index (χ1v) is 10.7. The van der Waals surface area contributed by atoms with E-state index >= 15 is 0 Å². The predicted molar refractivity (Wildman–Crippen MR) is 112 cm³/mol. The summed E-state index contributed by atoms with van der Waals surface area (Å²) in [4.78, 5) is 0. The fourth-order valence-corrected chi connectivity index (χ4v) is 8.09. The molecule has 4 rings (SSSR count). The Morgan fingerprint density at radius 3 is 2.29 bits per heavy atom. The fraction of sp³-hybridized carbons (Fsp3) is 0.0476. The van der Waals surface area contributed by atoms with Crippen LogP contribution in [0, 0.1) is 0 Å². The summed E-state index contributed by atoms with van der Waals surface area (Å²) in [5, 5.41) is 4.08. The first-order chi connectivity index (χ1) is 11.7. The molecule has 0 radical (unpaired) electrons. The fourth-order valence-electron chi connectivity index (χ4n) is 3.34. The third-order valence-electron chi connectivity index (χ3n) is 4.49. The van der Waals surface area contributed by atoms with Crippen LogP contribution in [0.15, 0.2) is 94.6 Å². The number of halogens is 1. The van der Waals surface area contributed by atoms with E-state index < -0.39 is 7.14 Å². The number of rotatable bonds is 3. The van der Waals surface area contributed by atoms with Gasteiger partial charge in [-0.2, -0.15) is 0 Å². The molecule has 1 aliphatic rings. The van der Waals surface area contributed by atoms with Crippen molar-refractivity contribution in [3.63, 3.8) is 0 Å². The molecule has 0 fully saturated rings. The first-order valence-electron chi connectivity index (χ1n) is 7.89. The molecule has 0 heterocycles. The summed E-state index contributed by atoms with van der Waals surface area (Å²) in [6.07, 6.45) is 6.16. The molecule has 118 valence electrons. The zero-order chi connectivity index (χ0) is 16.6. The second-order valence-corrected chi connectivity index (χ2v) is 9.99.